The minimum Gasteiger partial charge on any atom is -0.497 e. The van der Waals surface area contributed by atoms with Crippen molar-refractivity contribution in [3.05, 3.63) is 29.8 Å². The molecule has 1 aliphatic carbocycles. The molecule has 1 heterocycles. The molecule has 4 nitrogen and oxygen atoms in total. The minimum atomic E-state index is -0.574. The maximum atomic E-state index is 11.4. The molecule has 0 spiro atoms. The van der Waals surface area contributed by atoms with E-state index in [1.165, 1.54) is 12.0 Å². The first-order chi connectivity index (χ1) is 11.2. The summed E-state index contributed by atoms with van der Waals surface area (Å²) in [5.41, 5.74) is 0.641. The SMILES string of the molecule is COc1cccc(C(CN2CCNCC2)C2(O)CCCCC2)c1.Cl.Cl. The molecule has 0 aromatic heterocycles. The molecule has 0 radical (unpaired) electrons. The van der Waals surface area contributed by atoms with Crippen molar-refractivity contribution in [3.63, 3.8) is 0 Å². The van der Waals surface area contributed by atoms with Gasteiger partial charge in [-0.2, -0.15) is 0 Å². The van der Waals surface area contributed by atoms with Gasteiger partial charge in [0, 0.05) is 38.6 Å². The molecule has 2 aliphatic rings. The molecule has 1 saturated heterocycles. The highest BCUT2D eigenvalue weighted by molar-refractivity contribution is 5.85. The average molecular weight is 391 g/mol. The van der Waals surface area contributed by atoms with Crippen molar-refractivity contribution in [2.75, 3.05) is 39.8 Å². The summed E-state index contributed by atoms with van der Waals surface area (Å²) in [6.45, 7) is 5.16. The normalized spacial score (nSPS) is 21.5. The molecule has 2 fully saturated rings. The number of benzene rings is 1. The molecular weight excluding hydrogens is 359 g/mol. The van der Waals surface area contributed by atoms with Gasteiger partial charge in [0.05, 0.1) is 12.7 Å². The van der Waals surface area contributed by atoms with E-state index in [9.17, 15) is 5.11 Å². The molecule has 144 valence electrons. The van der Waals surface area contributed by atoms with Gasteiger partial charge in [0.1, 0.15) is 5.75 Å². The molecule has 3 rings (SSSR count). The standard InChI is InChI=1S/C19H30N2O2.2ClH/c1-23-17-7-5-6-16(14-17)18(15-21-12-10-20-11-13-21)19(22)8-3-2-4-9-19;;/h5-7,14,18,20,22H,2-4,8-13,15H2,1H3;2*1H. The van der Waals surface area contributed by atoms with Gasteiger partial charge in [-0.3, -0.25) is 0 Å². The Labute approximate surface area is 164 Å². The van der Waals surface area contributed by atoms with Crippen molar-refractivity contribution in [1.29, 1.82) is 0 Å². The predicted octanol–water partition coefficient (Wildman–Crippen LogP) is 3.22. The zero-order chi connectivity index (χ0) is 16.1. The summed E-state index contributed by atoms with van der Waals surface area (Å²) in [5, 5.41) is 14.8. The van der Waals surface area contributed by atoms with Crippen LogP contribution in [0.2, 0.25) is 0 Å². The van der Waals surface area contributed by atoms with E-state index in [4.69, 9.17) is 4.74 Å². The van der Waals surface area contributed by atoms with Gasteiger partial charge in [-0.25, -0.2) is 0 Å². The first-order valence-electron chi connectivity index (χ1n) is 9.01. The topological polar surface area (TPSA) is 44.7 Å². The van der Waals surface area contributed by atoms with Crippen LogP contribution in [0.25, 0.3) is 0 Å². The van der Waals surface area contributed by atoms with E-state index in [0.717, 1.165) is 64.2 Å². The van der Waals surface area contributed by atoms with E-state index in [-0.39, 0.29) is 30.7 Å². The highest BCUT2D eigenvalue weighted by Gasteiger charge is 2.39. The lowest BCUT2D eigenvalue weighted by atomic mass is 9.72. The van der Waals surface area contributed by atoms with Crippen molar-refractivity contribution >= 4 is 24.8 Å². The van der Waals surface area contributed by atoms with Gasteiger partial charge in [0.25, 0.3) is 0 Å². The molecular formula is C19H32Cl2N2O2. The quantitative estimate of drug-likeness (QED) is 0.809. The summed E-state index contributed by atoms with van der Waals surface area (Å²) in [4.78, 5) is 2.49. The fraction of sp³-hybridized carbons (Fsp3) is 0.684. The van der Waals surface area contributed by atoms with E-state index in [1.54, 1.807) is 7.11 Å². The second-order valence-corrected chi connectivity index (χ2v) is 7.04. The van der Waals surface area contributed by atoms with Crippen molar-refractivity contribution < 1.29 is 9.84 Å². The summed E-state index contributed by atoms with van der Waals surface area (Å²) in [6, 6.07) is 8.29. The fourth-order valence-corrected chi connectivity index (χ4v) is 4.11. The Balaban J connectivity index is 0.00000156. The molecule has 0 amide bonds. The second-order valence-electron chi connectivity index (χ2n) is 7.04. The van der Waals surface area contributed by atoms with Gasteiger partial charge in [0.2, 0.25) is 0 Å². The Morgan fingerprint density at radius 3 is 2.48 bits per heavy atom. The summed E-state index contributed by atoms with van der Waals surface area (Å²) < 4.78 is 5.41. The molecule has 1 atom stereocenters. The van der Waals surface area contributed by atoms with Crippen LogP contribution in [0.4, 0.5) is 0 Å². The first kappa shape index (κ1) is 22.5. The number of aliphatic hydroxyl groups is 1. The smallest absolute Gasteiger partial charge is 0.119 e. The number of nitrogens with zero attached hydrogens (tertiary/aromatic N) is 1. The lowest BCUT2D eigenvalue weighted by molar-refractivity contribution is -0.0317. The fourth-order valence-electron chi connectivity index (χ4n) is 4.11. The number of hydrogen-bond acceptors (Lipinski definition) is 4. The molecule has 1 aliphatic heterocycles. The number of hydrogen-bond donors (Lipinski definition) is 2. The van der Waals surface area contributed by atoms with Crippen LogP contribution in [0.5, 0.6) is 5.75 Å². The van der Waals surface area contributed by atoms with Crippen LogP contribution >= 0.6 is 24.8 Å². The van der Waals surface area contributed by atoms with Crippen LogP contribution in [0.15, 0.2) is 24.3 Å². The van der Waals surface area contributed by atoms with Gasteiger partial charge >= 0.3 is 0 Å². The van der Waals surface area contributed by atoms with E-state index in [0.29, 0.717) is 0 Å². The Morgan fingerprint density at radius 2 is 1.84 bits per heavy atom. The summed E-state index contributed by atoms with van der Waals surface area (Å²) in [5.74, 6) is 1.04. The van der Waals surface area contributed by atoms with E-state index in [2.05, 4.69) is 22.3 Å². The number of halogens is 2. The molecule has 1 unspecified atom stereocenters. The van der Waals surface area contributed by atoms with Crippen LogP contribution in [0.3, 0.4) is 0 Å². The Bertz CT molecular complexity index is 504. The van der Waals surface area contributed by atoms with Crippen LogP contribution in [-0.2, 0) is 0 Å². The third kappa shape index (κ3) is 5.73. The molecule has 1 aromatic rings. The van der Waals surface area contributed by atoms with Crippen LogP contribution in [0.1, 0.15) is 43.6 Å². The lowest BCUT2D eigenvalue weighted by Gasteiger charge is -2.42. The van der Waals surface area contributed by atoms with Crippen molar-refractivity contribution in [1.82, 2.24) is 10.2 Å². The number of nitrogens with one attached hydrogen (secondary N) is 1. The molecule has 2 N–H and O–H groups in total. The maximum Gasteiger partial charge on any atom is 0.119 e. The van der Waals surface area contributed by atoms with Crippen molar-refractivity contribution in [3.8, 4) is 5.75 Å². The summed E-state index contributed by atoms with van der Waals surface area (Å²) in [6.07, 6.45) is 5.36. The molecule has 1 saturated carbocycles. The summed E-state index contributed by atoms with van der Waals surface area (Å²) in [7, 11) is 1.71. The van der Waals surface area contributed by atoms with Crippen LogP contribution in [-0.4, -0.2) is 55.4 Å². The van der Waals surface area contributed by atoms with Crippen molar-refractivity contribution in [2.24, 2.45) is 0 Å². The van der Waals surface area contributed by atoms with E-state index < -0.39 is 5.60 Å². The predicted molar refractivity (Wildman–Crippen MR) is 108 cm³/mol. The van der Waals surface area contributed by atoms with Gasteiger partial charge < -0.3 is 20.1 Å². The molecule has 6 heteroatoms. The molecule has 25 heavy (non-hydrogen) atoms. The number of ether oxygens (including phenoxy) is 1. The van der Waals surface area contributed by atoms with Gasteiger partial charge in [-0.1, -0.05) is 31.4 Å². The number of piperazine rings is 1. The Hall–Kier alpha value is -0.520. The zero-order valence-corrected chi connectivity index (χ0v) is 16.7. The summed E-state index contributed by atoms with van der Waals surface area (Å²) >= 11 is 0. The van der Waals surface area contributed by atoms with Gasteiger partial charge in [-0.15, -0.1) is 24.8 Å². The van der Waals surface area contributed by atoms with E-state index in [1.807, 2.05) is 12.1 Å². The highest BCUT2D eigenvalue weighted by atomic mass is 35.5. The lowest BCUT2D eigenvalue weighted by Crippen LogP contribution is -2.49. The number of rotatable bonds is 5. The maximum absolute atomic E-state index is 11.4. The highest BCUT2D eigenvalue weighted by Crippen LogP contribution is 2.41. The third-order valence-electron chi connectivity index (χ3n) is 5.51. The third-order valence-corrected chi connectivity index (χ3v) is 5.51. The van der Waals surface area contributed by atoms with E-state index >= 15 is 0 Å². The second kappa shape index (κ2) is 10.6. The van der Waals surface area contributed by atoms with Gasteiger partial charge in [0.15, 0.2) is 0 Å². The largest absolute Gasteiger partial charge is 0.497 e. The average Bonchev–Trinajstić information content (AvgIpc) is 2.61. The molecule has 1 aromatic carbocycles. The van der Waals surface area contributed by atoms with Crippen LogP contribution < -0.4 is 10.1 Å². The van der Waals surface area contributed by atoms with Gasteiger partial charge in [-0.05, 0) is 30.5 Å². The Morgan fingerprint density at radius 1 is 1.16 bits per heavy atom. The molecule has 0 bridgehead atoms. The van der Waals surface area contributed by atoms with Crippen LogP contribution in [0, 0.1) is 0 Å². The van der Waals surface area contributed by atoms with Crippen molar-refractivity contribution in [2.45, 2.75) is 43.6 Å². The Kier molecular flexibility index (Phi) is 9.54. The minimum absolute atomic E-state index is 0. The number of methoxy groups -OCH3 is 1. The monoisotopic (exact) mass is 390 g/mol. The zero-order valence-electron chi connectivity index (χ0n) is 15.1. The first-order valence-corrected chi connectivity index (χ1v) is 9.01.